The van der Waals surface area contributed by atoms with Crippen molar-refractivity contribution in [3.05, 3.63) is 46.3 Å². The van der Waals surface area contributed by atoms with Crippen molar-refractivity contribution < 1.29 is 9.59 Å². The molecule has 5 nitrogen and oxygen atoms in total. The molecule has 1 aliphatic heterocycles. The second-order valence-electron chi connectivity index (χ2n) is 6.41. The Hall–Kier alpha value is -2.43. The average molecular weight is 311 g/mol. The van der Waals surface area contributed by atoms with Gasteiger partial charge in [-0.25, -0.2) is 4.90 Å². The molecule has 23 heavy (non-hydrogen) atoms. The Balaban J connectivity index is 2.05. The highest BCUT2D eigenvalue weighted by molar-refractivity contribution is 6.22. The molecule has 2 heterocycles. The third-order valence-electron chi connectivity index (χ3n) is 4.32. The SMILES string of the molecule is Cc1cc(C)c(N2C(=O)C[C@@H](n3nc(C)cc3C)C2=O)c(C)c1. The molecule has 0 spiro atoms. The van der Waals surface area contributed by atoms with Crippen molar-refractivity contribution >= 4 is 17.5 Å². The minimum Gasteiger partial charge on any atom is -0.274 e. The molecule has 0 aliphatic carbocycles. The van der Waals surface area contributed by atoms with Crippen molar-refractivity contribution in [3.63, 3.8) is 0 Å². The molecule has 0 N–H and O–H groups in total. The highest BCUT2D eigenvalue weighted by atomic mass is 16.2. The molecular weight excluding hydrogens is 290 g/mol. The van der Waals surface area contributed by atoms with Gasteiger partial charge in [0.25, 0.3) is 5.91 Å². The van der Waals surface area contributed by atoms with Gasteiger partial charge in [-0.15, -0.1) is 0 Å². The molecule has 1 aliphatic rings. The van der Waals surface area contributed by atoms with Crippen LogP contribution >= 0.6 is 0 Å². The van der Waals surface area contributed by atoms with Gasteiger partial charge >= 0.3 is 0 Å². The second kappa shape index (κ2) is 5.33. The second-order valence-corrected chi connectivity index (χ2v) is 6.41. The van der Waals surface area contributed by atoms with Gasteiger partial charge in [0.1, 0.15) is 6.04 Å². The number of nitrogens with zero attached hydrogens (tertiary/aromatic N) is 3. The smallest absolute Gasteiger partial charge is 0.259 e. The van der Waals surface area contributed by atoms with Gasteiger partial charge in [0.2, 0.25) is 5.91 Å². The van der Waals surface area contributed by atoms with Gasteiger partial charge in [-0.05, 0) is 51.8 Å². The van der Waals surface area contributed by atoms with E-state index in [4.69, 9.17) is 0 Å². The lowest BCUT2D eigenvalue weighted by atomic mass is 10.0. The van der Waals surface area contributed by atoms with Crippen molar-refractivity contribution in [2.24, 2.45) is 0 Å². The van der Waals surface area contributed by atoms with E-state index >= 15 is 0 Å². The Morgan fingerprint density at radius 1 is 1.00 bits per heavy atom. The molecule has 1 atom stereocenters. The molecule has 1 aromatic carbocycles. The van der Waals surface area contributed by atoms with Crippen LogP contribution in [0, 0.1) is 34.6 Å². The molecule has 3 rings (SSSR count). The zero-order valence-electron chi connectivity index (χ0n) is 14.2. The summed E-state index contributed by atoms with van der Waals surface area (Å²) in [6, 6.07) is 5.37. The number of aromatic nitrogens is 2. The zero-order chi connectivity index (χ0) is 16.9. The van der Waals surface area contributed by atoms with E-state index in [2.05, 4.69) is 5.10 Å². The van der Waals surface area contributed by atoms with Crippen LogP contribution in [0.15, 0.2) is 18.2 Å². The molecule has 2 amide bonds. The summed E-state index contributed by atoms with van der Waals surface area (Å²) in [7, 11) is 0. The van der Waals surface area contributed by atoms with Gasteiger partial charge in [0.15, 0.2) is 0 Å². The fraction of sp³-hybridized carbons (Fsp3) is 0.389. The molecule has 0 radical (unpaired) electrons. The number of benzene rings is 1. The molecule has 0 unspecified atom stereocenters. The largest absolute Gasteiger partial charge is 0.274 e. The van der Waals surface area contributed by atoms with Crippen molar-refractivity contribution in [3.8, 4) is 0 Å². The lowest BCUT2D eigenvalue weighted by molar-refractivity contribution is -0.122. The van der Waals surface area contributed by atoms with Crippen molar-refractivity contribution in [1.82, 2.24) is 9.78 Å². The van der Waals surface area contributed by atoms with Crippen LogP contribution < -0.4 is 4.90 Å². The fourth-order valence-electron chi connectivity index (χ4n) is 3.53. The normalized spacial score (nSPS) is 18.1. The summed E-state index contributed by atoms with van der Waals surface area (Å²) in [6.07, 6.45) is 0.160. The fourth-order valence-corrected chi connectivity index (χ4v) is 3.53. The molecule has 120 valence electrons. The Bertz CT molecular complexity index is 797. The predicted octanol–water partition coefficient (Wildman–Crippen LogP) is 2.93. The van der Waals surface area contributed by atoms with Crippen LogP contribution in [-0.4, -0.2) is 21.6 Å². The summed E-state index contributed by atoms with van der Waals surface area (Å²) < 4.78 is 1.68. The quantitative estimate of drug-likeness (QED) is 0.801. The van der Waals surface area contributed by atoms with Crippen molar-refractivity contribution in [1.29, 1.82) is 0 Å². The third kappa shape index (κ3) is 2.46. The summed E-state index contributed by atoms with van der Waals surface area (Å²) in [6.45, 7) is 9.68. The van der Waals surface area contributed by atoms with Crippen LogP contribution in [0.5, 0.6) is 0 Å². The first-order valence-electron chi connectivity index (χ1n) is 7.77. The maximum Gasteiger partial charge on any atom is 0.259 e. The number of imide groups is 1. The molecule has 0 bridgehead atoms. The van der Waals surface area contributed by atoms with E-state index < -0.39 is 6.04 Å². The molecule has 5 heteroatoms. The van der Waals surface area contributed by atoms with E-state index in [1.807, 2.05) is 52.8 Å². The van der Waals surface area contributed by atoms with E-state index in [-0.39, 0.29) is 18.2 Å². The van der Waals surface area contributed by atoms with Gasteiger partial charge in [-0.2, -0.15) is 5.10 Å². The Morgan fingerprint density at radius 3 is 2.13 bits per heavy atom. The highest BCUT2D eigenvalue weighted by Gasteiger charge is 2.42. The Labute approximate surface area is 135 Å². The first kappa shape index (κ1) is 15.5. The van der Waals surface area contributed by atoms with Crippen LogP contribution in [0.4, 0.5) is 5.69 Å². The van der Waals surface area contributed by atoms with Gasteiger partial charge in [0.05, 0.1) is 17.8 Å². The third-order valence-corrected chi connectivity index (χ3v) is 4.32. The van der Waals surface area contributed by atoms with E-state index in [0.717, 1.165) is 33.8 Å². The Kier molecular flexibility index (Phi) is 3.59. The van der Waals surface area contributed by atoms with Gasteiger partial charge in [-0.1, -0.05) is 17.7 Å². The predicted molar refractivity (Wildman–Crippen MR) is 88.5 cm³/mol. The number of hydrogen-bond acceptors (Lipinski definition) is 3. The first-order valence-corrected chi connectivity index (χ1v) is 7.77. The molecule has 1 saturated heterocycles. The van der Waals surface area contributed by atoms with Gasteiger partial charge in [0, 0.05) is 5.69 Å². The van der Waals surface area contributed by atoms with E-state index in [1.165, 1.54) is 4.90 Å². The maximum atomic E-state index is 12.9. The number of carbonyl (C=O) groups is 2. The monoisotopic (exact) mass is 311 g/mol. The Morgan fingerprint density at radius 2 is 1.61 bits per heavy atom. The summed E-state index contributed by atoms with van der Waals surface area (Å²) in [4.78, 5) is 26.8. The topological polar surface area (TPSA) is 55.2 Å². The van der Waals surface area contributed by atoms with Crippen LogP contribution in [0.3, 0.4) is 0 Å². The molecule has 1 fully saturated rings. The summed E-state index contributed by atoms with van der Waals surface area (Å²) in [5.41, 5.74) is 5.47. The molecule has 1 aromatic heterocycles. The number of carbonyl (C=O) groups excluding carboxylic acids is 2. The molecule has 0 saturated carbocycles. The van der Waals surface area contributed by atoms with Crippen LogP contribution in [0.25, 0.3) is 0 Å². The maximum absolute atomic E-state index is 12.9. The van der Waals surface area contributed by atoms with E-state index in [9.17, 15) is 9.59 Å². The summed E-state index contributed by atoms with van der Waals surface area (Å²) in [5.74, 6) is -0.362. The zero-order valence-corrected chi connectivity index (χ0v) is 14.2. The standard InChI is InChI=1S/C18H21N3O2/c1-10-6-11(2)17(12(3)7-10)20-16(22)9-15(18(20)23)21-14(5)8-13(4)19-21/h6-8,15H,9H2,1-5H3/t15-/m1/s1. The lowest BCUT2D eigenvalue weighted by Crippen LogP contribution is -2.32. The number of aryl methyl sites for hydroxylation is 5. The number of hydrogen-bond donors (Lipinski definition) is 0. The minimum absolute atomic E-state index is 0.160. The summed E-state index contributed by atoms with van der Waals surface area (Å²) in [5, 5.41) is 4.38. The first-order chi connectivity index (χ1) is 10.8. The van der Waals surface area contributed by atoms with Gasteiger partial charge in [-0.3, -0.25) is 14.3 Å². The number of anilines is 1. The number of amides is 2. The lowest BCUT2D eigenvalue weighted by Gasteiger charge is -2.21. The average Bonchev–Trinajstić information content (AvgIpc) is 2.90. The van der Waals surface area contributed by atoms with Gasteiger partial charge < -0.3 is 0 Å². The van der Waals surface area contributed by atoms with E-state index in [1.54, 1.807) is 4.68 Å². The van der Waals surface area contributed by atoms with Crippen molar-refractivity contribution in [2.45, 2.75) is 47.1 Å². The minimum atomic E-state index is -0.545. The van der Waals surface area contributed by atoms with Crippen LogP contribution in [0.2, 0.25) is 0 Å². The van der Waals surface area contributed by atoms with Crippen molar-refractivity contribution in [2.75, 3.05) is 4.90 Å². The van der Waals surface area contributed by atoms with Crippen LogP contribution in [0.1, 0.15) is 40.5 Å². The highest BCUT2D eigenvalue weighted by Crippen LogP contribution is 2.34. The van der Waals surface area contributed by atoms with Crippen LogP contribution in [-0.2, 0) is 9.59 Å². The summed E-state index contributed by atoms with van der Waals surface area (Å²) >= 11 is 0. The number of rotatable bonds is 2. The van der Waals surface area contributed by atoms with E-state index in [0.29, 0.717) is 0 Å². The molecular formula is C18H21N3O2. The molecule has 2 aromatic rings.